The predicted octanol–water partition coefficient (Wildman–Crippen LogP) is 11.7. The Labute approximate surface area is 266 Å². The van der Waals surface area contributed by atoms with E-state index in [2.05, 4.69) is 144 Å². The van der Waals surface area contributed by atoms with E-state index in [-0.39, 0.29) is 5.41 Å². The standard InChI is InChI=1S/C44H37N/c1-2-12-32(13-3-1)37-15-7-9-19-41(37)45(36-22-21-31-11-4-5-14-33(31)28-36)42-20-10-18-40-43(42)38-16-6-8-17-39(38)44(40)34-24-29-23-30(26-34)27-35(44)25-29/h1-22,28-30,34-35H,23-27H2. The lowest BCUT2D eigenvalue weighted by Crippen LogP contribution is -2.55. The maximum Gasteiger partial charge on any atom is 0.0543 e. The highest BCUT2D eigenvalue weighted by Crippen LogP contribution is 2.70. The second-order valence-electron chi connectivity index (χ2n) is 14.2. The summed E-state index contributed by atoms with van der Waals surface area (Å²) in [5.41, 5.74) is 12.5. The predicted molar refractivity (Wildman–Crippen MR) is 187 cm³/mol. The van der Waals surface area contributed by atoms with Gasteiger partial charge in [0.2, 0.25) is 0 Å². The highest BCUT2D eigenvalue weighted by Gasteiger charge is 2.61. The minimum atomic E-state index is 0.142. The third kappa shape index (κ3) is 3.61. The van der Waals surface area contributed by atoms with Crippen molar-refractivity contribution in [3.8, 4) is 22.3 Å². The average molecular weight is 580 g/mol. The van der Waals surface area contributed by atoms with Gasteiger partial charge in [-0.25, -0.2) is 0 Å². The first-order valence-corrected chi connectivity index (χ1v) is 17.0. The third-order valence-corrected chi connectivity index (χ3v) is 12.0. The van der Waals surface area contributed by atoms with Gasteiger partial charge in [-0.3, -0.25) is 0 Å². The Morgan fingerprint density at radius 2 is 1.09 bits per heavy atom. The van der Waals surface area contributed by atoms with E-state index in [4.69, 9.17) is 0 Å². The molecule has 11 rings (SSSR count). The van der Waals surface area contributed by atoms with E-state index in [0.717, 1.165) is 23.7 Å². The van der Waals surface area contributed by atoms with E-state index >= 15 is 0 Å². The summed E-state index contributed by atoms with van der Waals surface area (Å²) >= 11 is 0. The van der Waals surface area contributed by atoms with Crippen molar-refractivity contribution in [1.29, 1.82) is 0 Å². The Hall–Kier alpha value is -4.62. The van der Waals surface area contributed by atoms with Crippen molar-refractivity contribution in [2.75, 3.05) is 4.90 Å². The van der Waals surface area contributed by atoms with Crippen LogP contribution in [0, 0.1) is 23.7 Å². The van der Waals surface area contributed by atoms with Gasteiger partial charge in [0.1, 0.15) is 0 Å². The van der Waals surface area contributed by atoms with Crippen molar-refractivity contribution >= 4 is 27.8 Å². The second kappa shape index (κ2) is 9.69. The molecule has 4 saturated carbocycles. The minimum Gasteiger partial charge on any atom is -0.309 e. The van der Waals surface area contributed by atoms with Gasteiger partial charge < -0.3 is 4.90 Å². The summed E-state index contributed by atoms with van der Waals surface area (Å²) in [7, 11) is 0. The van der Waals surface area contributed by atoms with Crippen LogP contribution in [0.3, 0.4) is 0 Å². The number of para-hydroxylation sites is 1. The fraction of sp³-hybridized carbons (Fsp3) is 0.227. The summed E-state index contributed by atoms with van der Waals surface area (Å²) in [5, 5.41) is 2.54. The summed E-state index contributed by atoms with van der Waals surface area (Å²) in [5.74, 6) is 3.36. The van der Waals surface area contributed by atoms with Crippen molar-refractivity contribution in [3.05, 3.63) is 151 Å². The zero-order valence-corrected chi connectivity index (χ0v) is 25.6. The lowest BCUT2D eigenvalue weighted by atomic mass is 9.43. The molecule has 0 amide bonds. The first-order chi connectivity index (χ1) is 22.3. The fourth-order valence-corrected chi connectivity index (χ4v) is 10.6. The lowest BCUT2D eigenvalue weighted by molar-refractivity contribution is -0.0399. The molecule has 45 heavy (non-hydrogen) atoms. The van der Waals surface area contributed by atoms with Crippen LogP contribution in [0.4, 0.5) is 17.1 Å². The van der Waals surface area contributed by atoms with Crippen molar-refractivity contribution in [2.45, 2.75) is 37.5 Å². The molecule has 4 fully saturated rings. The van der Waals surface area contributed by atoms with Crippen LogP contribution >= 0.6 is 0 Å². The average Bonchev–Trinajstić information content (AvgIpc) is 3.39. The molecule has 4 bridgehead atoms. The summed E-state index contributed by atoms with van der Waals surface area (Å²) in [4.78, 5) is 2.57. The van der Waals surface area contributed by atoms with Gasteiger partial charge in [0.15, 0.2) is 0 Å². The van der Waals surface area contributed by atoms with Gasteiger partial charge in [-0.2, -0.15) is 0 Å². The van der Waals surface area contributed by atoms with Crippen LogP contribution in [0.2, 0.25) is 0 Å². The van der Waals surface area contributed by atoms with E-state index in [9.17, 15) is 0 Å². The van der Waals surface area contributed by atoms with E-state index in [1.54, 1.807) is 11.1 Å². The van der Waals surface area contributed by atoms with Crippen LogP contribution in [-0.4, -0.2) is 0 Å². The Bertz CT molecular complexity index is 2060. The number of benzene rings is 6. The number of fused-ring (bicyclic) bond motifs is 4. The molecule has 0 saturated heterocycles. The molecule has 0 aliphatic heterocycles. The quantitative estimate of drug-likeness (QED) is 0.201. The summed E-state index contributed by atoms with van der Waals surface area (Å²) < 4.78 is 0. The van der Waals surface area contributed by atoms with Gasteiger partial charge in [0.05, 0.1) is 11.4 Å². The Morgan fingerprint density at radius 1 is 0.467 bits per heavy atom. The molecule has 1 nitrogen and oxygen atoms in total. The summed E-state index contributed by atoms with van der Waals surface area (Å²) in [6.07, 6.45) is 7.07. The fourth-order valence-electron chi connectivity index (χ4n) is 10.6. The first-order valence-electron chi connectivity index (χ1n) is 17.0. The highest BCUT2D eigenvalue weighted by atomic mass is 15.1. The summed E-state index contributed by atoms with van der Waals surface area (Å²) in [6.45, 7) is 0. The molecule has 218 valence electrons. The van der Waals surface area contributed by atoms with Crippen molar-refractivity contribution in [3.63, 3.8) is 0 Å². The maximum absolute atomic E-state index is 2.57. The van der Waals surface area contributed by atoms with Crippen molar-refractivity contribution in [1.82, 2.24) is 0 Å². The number of nitrogens with zero attached hydrogens (tertiary/aromatic N) is 1. The molecule has 0 atom stereocenters. The SMILES string of the molecule is c1ccc(-c2ccccc2N(c2ccc3ccccc3c2)c2cccc3c2-c2ccccc2C32C3CC4CC(C3)CC2C4)cc1. The Kier molecular flexibility index (Phi) is 5.53. The molecule has 0 unspecified atom stereocenters. The van der Waals surface area contributed by atoms with Crippen LogP contribution in [0.1, 0.15) is 43.2 Å². The number of anilines is 3. The van der Waals surface area contributed by atoms with Gasteiger partial charge in [-0.05, 0) is 113 Å². The third-order valence-electron chi connectivity index (χ3n) is 12.0. The van der Waals surface area contributed by atoms with Crippen LogP contribution < -0.4 is 4.90 Å². The number of rotatable bonds is 4. The zero-order valence-electron chi connectivity index (χ0n) is 25.6. The molecular weight excluding hydrogens is 542 g/mol. The molecular formula is C44H37N. The molecule has 6 aromatic carbocycles. The lowest BCUT2D eigenvalue weighted by Gasteiger charge is -2.61. The Balaban J connectivity index is 1.26. The molecule has 0 radical (unpaired) electrons. The molecule has 5 aliphatic carbocycles. The molecule has 1 heteroatoms. The monoisotopic (exact) mass is 579 g/mol. The van der Waals surface area contributed by atoms with Gasteiger partial charge in [-0.15, -0.1) is 0 Å². The Morgan fingerprint density at radius 3 is 1.89 bits per heavy atom. The van der Waals surface area contributed by atoms with Crippen LogP contribution in [0.25, 0.3) is 33.0 Å². The molecule has 6 aromatic rings. The van der Waals surface area contributed by atoms with Gasteiger partial charge >= 0.3 is 0 Å². The largest absolute Gasteiger partial charge is 0.309 e. The van der Waals surface area contributed by atoms with E-state index in [1.807, 2.05) is 0 Å². The molecule has 5 aliphatic rings. The van der Waals surface area contributed by atoms with Gasteiger partial charge in [-0.1, -0.05) is 115 Å². The summed E-state index contributed by atoms with van der Waals surface area (Å²) in [6, 6.07) is 52.4. The van der Waals surface area contributed by atoms with Crippen molar-refractivity contribution in [2.24, 2.45) is 23.7 Å². The number of hydrogen-bond acceptors (Lipinski definition) is 1. The maximum atomic E-state index is 2.57. The molecule has 0 aromatic heterocycles. The van der Waals surface area contributed by atoms with E-state index in [1.165, 1.54) is 82.2 Å². The van der Waals surface area contributed by atoms with E-state index in [0.29, 0.717) is 0 Å². The van der Waals surface area contributed by atoms with E-state index < -0.39 is 0 Å². The van der Waals surface area contributed by atoms with Crippen LogP contribution in [0.15, 0.2) is 140 Å². The normalized spacial score (nSPS) is 25.4. The molecule has 0 N–H and O–H groups in total. The molecule has 1 spiro atoms. The van der Waals surface area contributed by atoms with Crippen LogP contribution in [0.5, 0.6) is 0 Å². The smallest absolute Gasteiger partial charge is 0.0543 e. The molecule has 0 heterocycles. The topological polar surface area (TPSA) is 3.24 Å². The van der Waals surface area contributed by atoms with Crippen LogP contribution in [-0.2, 0) is 5.41 Å². The van der Waals surface area contributed by atoms with Gasteiger partial charge in [0, 0.05) is 22.2 Å². The second-order valence-corrected chi connectivity index (χ2v) is 14.2. The first kappa shape index (κ1) is 25.7. The highest BCUT2D eigenvalue weighted by molar-refractivity contribution is 5.99. The zero-order chi connectivity index (χ0) is 29.5. The van der Waals surface area contributed by atoms with Gasteiger partial charge in [0.25, 0.3) is 0 Å². The van der Waals surface area contributed by atoms with Crippen molar-refractivity contribution < 1.29 is 0 Å². The minimum absolute atomic E-state index is 0.142. The number of hydrogen-bond donors (Lipinski definition) is 0.